The summed E-state index contributed by atoms with van der Waals surface area (Å²) in [5.41, 5.74) is 3.52. The summed E-state index contributed by atoms with van der Waals surface area (Å²) < 4.78 is 26.0. The van der Waals surface area contributed by atoms with Crippen LogP contribution >= 0.6 is 11.6 Å². The number of aryl methyl sites for hydroxylation is 2. The van der Waals surface area contributed by atoms with Gasteiger partial charge in [0.1, 0.15) is 5.82 Å². The smallest absolute Gasteiger partial charge is 0.258 e. The van der Waals surface area contributed by atoms with E-state index in [0.717, 1.165) is 11.3 Å². The van der Waals surface area contributed by atoms with Crippen molar-refractivity contribution < 1.29 is 18.7 Å². The van der Waals surface area contributed by atoms with Crippen LogP contribution in [0.25, 0.3) is 0 Å². The lowest BCUT2D eigenvalue weighted by Gasteiger charge is -2.24. The Balaban J connectivity index is 1.69. The lowest BCUT2D eigenvalue weighted by molar-refractivity contribution is 0.0728. The van der Waals surface area contributed by atoms with E-state index in [0.29, 0.717) is 34.9 Å². The first kappa shape index (κ1) is 20.2. The summed E-state index contributed by atoms with van der Waals surface area (Å²) in [5.74, 6) is 0.734. The van der Waals surface area contributed by atoms with Crippen LogP contribution in [0.2, 0.25) is 5.02 Å². The maximum Gasteiger partial charge on any atom is 0.258 e. The monoisotopic (exact) mass is 429 g/mol. The Morgan fingerprint density at radius 1 is 1.17 bits per heavy atom. The van der Waals surface area contributed by atoms with Crippen LogP contribution in [-0.4, -0.2) is 27.4 Å². The van der Waals surface area contributed by atoms with Crippen molar-refractivity contribution in [2.45, 2.75) is 26.9 Å². The molecule has 1 aliphatic rings. The summed E-state index contributed by atoms with van der Waals surface area (Å²) in [6.45, 7) is 4.39. The first-order valence-corrected chi connectivity index (χ1v) is 9.83. The van der Waals surface area contributed by atoms with Crippen LogP contribution in [0, 0.1) is 19.7 Å². The number of fused-ring (bicyclic) bond motifs is 1. The molecule has 0 radical (unpaired) electrons. The Labute approximate surface area is 178 Å². The van der Waals surface area contributed by atoms with Crippen LogP contribution in [-0.2, 0) is 20.1 Å². The zero-order valence-corrected chi connectivity index (χ0v) is 17.7. The zero-order chi connectivity index (χ0) is 21.4. The van der Waals surface area contributed by atoms with Crippen molar-refractivity contribution in [2.24, 2.45) is 7.05 Å². The lowest BCUT2D eigenvalue weighted by atomic mass is 10.1. The van der Waals surface area contributed by atoms with Gasteiger partial charge in [0.15, 0.2) is 11.5 Å². The number of carbonyl (C=O) groups is 1. The predicted octanol–water partition coefficient (Wildman–Crippen LogP) is 4.40. The molecular formula is C22H21ClFN3O3. The van der Waals surface area contributed by atoms with Crippen LogP contribution in [0.3, 0.4) is 0 Å². The Bertz CT molecular complexity index is 1130. The molecule has 0 saturated carbocycles. The number of ether oxygens (including phenoxy) is 2. The summed E-state index contributed by atoms with van der Waals surface area (Å²) in [5, 5.41) is 4.64. The third-order valence-corrected chi connectivity index (χ3v) is 5.55. The molecule has 3 aromatic rings. The van der Waals surface area contributed by atoms with Crippen molar-refractivity contribution in [3.63, 3.8) is 0 Å². The van der Waals surface area contributed by atoms with Crippen molar-refractivity contribution >= 4 is 17.5 Å². The van der Waals surface area contributed by atoms with Gasteiger partial charge in [0.25, 0.3) is 5.91 Å². The molecule has 0 N–H and O–H groups in total. The molecule has 1 amide bonds. The fraction of sp³-hybridized carbons (Fsp3) is 0.273. The van der Waals surface area contributed by atoms with Crippen LogP contribution in [0.4, 0.5) is 4.39 Å². The number of halogens is 2. The van der Waals surface area contributed by atoms with Crippen LogP contribution < -0.4 is 9.47 Å². The highest BCUT2D eigenvalue weighted by molar-refractivity contribution is 6.31. The molecule has 1 aromatic heterocycles. The van der Waals surface area contributed by atoms with Gasteiger partial charge < -0.3 is 14.4 Å². The Hall–Kier alpha value is -3.06. The van der Waals surface area contributed by atoms with Crippen LogP contribution in [0.5, 0.6) is 11.5 Å². The molecule has 0 fully saturated rings. The van der Waals surface area contributed by atoms with Gasteiger partial charge in [-0.05, 0) is 49.2 Å². The predicted molar refractivity (Wildman–Crippen MR) is 110 cm³/mol. The maximum atomic E-state index is 13.5. The summed E-state index contributed by atoms with van der Waals surface area (Å²) in [6.07, 6.45) is 0. The number of benzene rings is 2. The summed E-state index contributed by atoms with van der Waals surface area (Å²) in [4.78, 5) is 15.2. The second-order valence-electron chi connectivity index (χ2n) is 7.25. The molecule has 8 heteroatoms. The molecule has 1 aliphatic heterocycles. The largest absolute Gasteiger partial charge is 0.454 e. The summed E-state index contributed by atoms with van der Waals surface area (Å²) in [7, 11) is 1.80. The zero-order valence-electron chi connectivity index (χ0n) is 16.9. The number of rotatable bonds is 5. The van der Waals surface area contributed by atoms with Gasteiger partial charge >= 0.3 is 0 Å². The van der Waals surface area contributed by atoms with E-state index in [-0.39, 0.29) is 24.3 Å². The molecule has 156 valence electrons. The van der Waals surface area contributed by atoms with Gasteiger partial charge in [0.05, 0.1) is 11.3 Å². The number of amides is 1. The molecule has 0 bridgehead atoms. The van der Waals surface area contributed by atoms with Gasteiger partial charge in [-0.3, -0.25) is 9.48 Å². The van der Waals surface area contributed by atoms with E-state index < -0.39 is 5.82 Å². The number of nitrogens with zero attached hydrogens (tertiary/aromatic N) is 3. The highest BCUT2D eigenvalue weighted by Gasteiger charge is 2.25. The average molecular weight is 430 g/mol. The molecule has 6 nitrogen and oxygen atoms in total. The lowest BCUT2D eigenvalue weighted by Crippen LogP contribution is -2.31. The minimum Gasteiger partial charge on any atom is -0.454 e. The number of hydrogen-bond donors (Lipinski definition) is 0. The topological polar surface area (TPSA) is 56.6 Å². The Morgan fingerprint density at radius 3 is 2.63 bits per heavy atom. The molecule has 0 unspecified atom stereocenters. The van der Waals surface area contributed by atoms with E-state index in [1.807, 2.05) is 32.0 Å². The second kappa shape index (κ2) is 7.99. The van der Waals surface area contributed by atoms with Gasteiger partial charge in [-0.2, -0.15) is 5.10 Å². The first-order chi connectivity index (χ1) is 14.3. The van der Waals surface area contributed by atoms with E-state index in [2.05, 4.69) is 5.10 Å². The number of aromatic nitrogens is 2. The summed E-state index contributed by atoms with van der Waals surface area (Å²) in [6, 6.07) is 9.76. The average Bonchev–Trinajstić information content (AvgIpc) is 3.26. The molecule has 2 aromatic carbocycles. The quantitative estimate of drug-likeness (QED) is 0.603. The Kier molecular flexibility index (Phi) is 5.39. The minimum atomic E-state index is -0.420. The van der Waals surface area contributed by atoms with Gasteiger partial charge in [0.2, 0.25) is 6.79 Å². The van der Waals surface area contributed by atoms with Crippen molar-refractivity contribution in [1.29, 1.82) is 0 Å². The van der Waals surface area contributed by atoms with E-state index in [1.54, 1.807) is 22.7 Å². The molecular weight excluding hydrogens is 409 g/mol. The first-order valence-electron chi connectivity index (χ1n) is 9.45. The van der Waals surface area contributed by atoms with Gasteiger partial charge in [-0.25, -0.2) is 4.39 Å². The maximum absolute atomic E-state index is 13.5. The highest BCUT2D eigenvalue weighted by Crippen LogP contribution is 2.33. The fourth-order valence-electron chi connectivity index (χ4n) is 3.56. The third kappa shape index (κ3) is 3.85. The fourth-order valence-corrected chi connectivity index (χ4v) is 3.78. The van der Waals surface area contributed by atoms with Gasteiger partial charge in [-0.15, -0.1) is 0 Å². The standard InChI is InChI=1S/C22H21ClFN3O3/c1-13-21(14(2)26(3)25-13)22(28)27(11-16-5-6-17(24)9-18(16)23)10-15-4-7-19-20(8-15)30-12-29-19/h4-9H,10-12H2,1-3H3. The third-order valence-electron chi connectivity index (χ3n) is 5.20. The number of hydrogen-bond acceptors (Lipinski definition) is 4. The molecule has 2 heterocycles. The molecule has 0 atom stereocenters. The van der Waals surface area contributed by atoms with Crippen molar-refractivity contribution in [3.05, 3.63) is 75.3 Å². The molecule has 0 spiro atoms. The van der Waals surface area contributed by atoms with Crippen LogP contribution in [0.15, 0.2) is 36.4 Å². The van der Waals surface area contributed by atoms with Crippen molar-refractivity contribution in [1.82, 2.24) is 14.7 Å². The minimum absolute atomic E-state index is 0.170. The van der Waals surface area contributed by atoms with E-state index in [9.17, 15) is 9.18 Å². The van der Waals surface area contributed by atoms with Gasteiger partial charge in [-0.1, -0.05) is 23.7 Å². The highest BCUT2D eigenvalue weighted by atomic mass is 35.5. The second-order valence-corrected chi connectivity index (χ2v) is 7.66. The SMILES string of the molecule is Cc1nn(C)c(C)c1C(=O)N(Cc1ccc2c(c1)OCO2)Cc1ccc(F)cc1Cl. The van der Waals surface area contributed by atoms with Crippen molar-refractivity contribution in [3.8, 4) is 11.5 Å². The normalized spacial score (nSPS) is 12.3. The molecule has 30 heavy (non-hydrogen) atoms. The molecule has 4 rings (SSSR count). The van der Waals surface area contributed by atoms with E-state index in [4.69, 9.17) is 21.1 Å². The van der Waals surface area contributed by atoms with Crippen LogP contribution in [0.1, 0.15) is 32.9 Å². The van der Waals surface area contributed by atoms with E-state index >= 15 is 0 Å². The van der Waals surface area contributed by atoms with Gasteiger partial charge in [0, 0.05) is 30.9 Å². The Morgan fingerprint density at radius 2 is 1.93 bits per heavy atom. The molecule has 0 saturated heterocycles. The van der Waals surface area contributed by atoms with Crippen molar-refractivity contribution in [2.75, 3.05) is 6.79 Å². The van der Waals surface area contributed by atoms with E-state index in [1.165, 1.54) is 12.1 Å². The number of carbonyl (C=O) groups excluding carboxylic acids is 1. The summed E-state index contributed by atoms with van der Waals surface area (Å²) >= 11 is 6.24. The molecule has 0 aliphatic carbocycles.